The highest BCUT2D eigenvalue weighted by molar-refractivity contribution is 6.40. The van der Waals surface area contributed by atoms with Crippen LogP contribution in [0.15, 0.2) is 60.7 Å². The molecule has 0 saturated carbocycles. The molecule has 4 rings (SSSR count). The quantitative estimate of drug-likeness (QED) is 0.307. The molecule has 1 unspecified atom stereocenters. The van der Waals surface area contributed by atoms with Crippen molar-refractivity contribution in [3.05, 3.63) is 104 Å². The third-order valence-corrected chi connectivity index (χ3v) is 7.52. The summed E-state index contributed by atoms with van der Waals surface area (Å²) in [4.78, 5) is 52.0. The lowest BCUT2D eigenvalue weighted by molar-refractivity contribution is -0.139. The molecule has 0 bridgehead atoms. The smallest absolute Gasteiger partial charge is 0.328 e. The average Bonchev–Trinajstić information content (AvgIpc) is 2.94. The summed E-state index contributed by atoms with van der Waals surface area (Å²) in [5.41, 5.74) is 1.57. The summed E-state index contributed by atoms with van der Waals surface area (Å²) in [7, 11) is 0. The van der Waals surface area contributed by atoms with Gasteiger partial charge in [-0.25, -0.2) is 4.79 Å². The number of hydrogen-bond acceptors (Lipinski definition) is 5. The van der Waals surface area contributed by atoms with E-state index in [4.69, 9.17) is 34.8 Å². The molecule has 0 saturated heterocycles. The first-order chi connectivity index (χ1) is 19.1. The van der Waals surface area contributed by atoms with E-state index in [-0.39, 0.29) is 41.0 Å². The Hall–Kier alpha value is -3.63. The fourth-order valence-electron chi connectivity index (χ4n) is 4.51. The number of amides is 3. The predicted molar refractivity (Wildman–Crippen MR) is 150 cm³/mol. The summed E-state index contributed by atoms with van der Waals surface area (Å²) in [6, 6.07) is 13.8. The zero-order chi connectivity index (χ0) is 29.0. The number of nitrogens with zero attached hydrogens (tertiary/aromatic N) is 1. The summed E-state index contributed by atoms with van der Waals surface area (Å²) in [5, 5.41) is 25.1. The van der Waals surface area contributed by atoms with Crippen LogP contribution < -0.4 is 10.6 Å². The zero-order valence-corrected chi connectivity index (χ0v) is 23.1. The monoisotopic (exact) mass is 603 g/mol. The lowest BCUT2D eigenvalue weighted by Crippen LogP contribution is -2.48. The van der Waals surface area contributed by atoms with Gasteiger partial charge in [0.2, 0.25) is 0 Å². The first kappa shape index (κ1) is 29.4. The SMILES string of the molecule is O=C(NC[C@H](NC(=O)c1c(Cl)cc2c(c1Cl)CCN(C(=O)c1ccc(Cl)cc1)C2CO)C(=O)O)c1ccccc1. The molecule has 0 fully saturated rings. The molecule has 0 spiro atoms. The molecule has 1 heterocycles. The van der Waals surface area contributed by atoms with Crippen molar-refractivity contribution in [1.29, 1.82) is 0 Å². The number of benzene rings is 3. The second-order valence-electron chi connectivity index (χ2n) is 9.01. The number of fused-ring (bicyclic) bond motifs is 1. The topological polar surface area (TPSA) is 136 Å². The van der Waals surface area contributed by atoms with Crippen LogP contribution in [0.25, 0.3) is 0 Å². The molecule has 3 aromatic rings. The van der Waals surface area contributed by atoms with E-state index < -0.39 is 36.5 Å². The van der Waals surface area contributed by atoms with Crippen molar-refractivity contribution < 1.29 is 29.4 Å². The molecular formula is C28H24Cl3N3O6. The highest BCUT2D eigenvalue weighted by Gasteiger charge is 2.35. The Kier molecular flexibility index (Phi) is 9.32. The lowest BCUT2D eigenvalue weighted by Gasteiger charge is -2.37. The normalized spacial score (nSPS) is 15.1. The van der Waals surface area contributed by atoms with Gasteiger partial charge in [0.05, 0.1) is 28.3 Å². The number of carboxylic acid groups (broad SMARTS) is 1. The molecule has 1 aliphatic heterocycles. The van der Waals surface area contributed by atoms with Crippen molar-refractivity contribution in [3.63, 3.8) is 0 Å². The molecule has 0 aliphatic carbocycles. The maximum Gasteiger partial charge on any atom is 0.328 e. The van der Waals surface area contributed by atoms with Gasteiger partial charge in [0, 0.05) is 29.2 Å². The number of aliphatic hydroxyl groups is 1. The Morgan fingerprint density at radius 1 is 0.950 bits per heavy atom. The molecule has 208 valence electrons. The molecule has 0 radical (unpaired) electrons. The van der Waals surface area contributed by atoms with Crippen LogP contribution >= 0.6 is 34.8 Å². The number of rotatable bonds is 8. The Morgan fingerprint density at radius 3 is 2.25 bits per heavy atom. The number of carboxylic acids is 1. The van der Waals surface area contributed by atoms with E-state index in [9.17, 15) is 29.4 Å². The van der Waals surface area contributed by atoms with Gasteiger partial charge < -0.3 is 25.7 Å². The molecule has 4 N–H and O–H groups in total. The Morgan fingerprint density at radius 2 is 1.62 bits per heavy atom. The highest BCUT2D eigenvalue weighted by Crippen LogP contribution is 2.39. The van der Waals surface area contributed by atoms with E-state index >= 15 is 0 Å². The molecule has 3 aromatic carbocycles. The lowest BCUT2D eigenvalue weighted by atomic mass is 9.90. The van der Waals surface area contributed by atoms with Crippen LogP contribution in [0.5, 0.6) is 0 Å². The molecule has 1 aliphatic rings. The van der Waals surface area contributed by atoms with Crippen molar-refractivity contribution in [2.75, 3.05) is 19.7 Å². The first-order valence-corrected chi connectivity index (χ1v) is 13.3. The number of halogens is 3. The van der Waals surface area contributed by atoms with Crippen molar-refractivity contribution in [2.45, 2.75) is 18.5 Å². The fourth-order valence-corrected chi connectivity index (χ4v) is 5.37. The van der Waals surface area contributed by atoms with Crippen molar-refractivity contribution in [1.82, 2.24) is 15.5 Å². The molecule has 40 heavy (non-hydrogen) atoms. The van der Waals surface area contributed by atoms with Gasteiger partial charge in [-0.2, -0.15) is 0 Å². The molecule has 0 aromatic heterocycles. The third kappa shape index (κ3) is 6.23. The summed E-state index contributed by atoms with van der Waals surface area (Å²) in [5.74, 6) is -3.04. The van der Waals surface area contributed by atoms with Crippen LogP contribution in [0.4, 0.5) is 0 Å². The van der Waals surface area contributed by atoms with Crippen LogP contribution in [0.3, 0.4) is 0 Å². The molecule has 2 atom stereocenters. The van der Waals surface area contributed by atoms with E-state index in [0.717, 1.165) is 0 Å². The largest absolute Gasteiger partial charge is 0.480 e. The van der Waals surface area contributed by atoms with Gasteiger partial charge in [-0.05, 0) is 60.0 Å². The van der Waals surface area contributed by atoms with E-state index in [2.05, 4.69) is 10.6 Å². The van der Waals surface area contributed by atoms with Gasteiger partial charge >= 0.3 is 5.97 Å². The van der Waals surface area contributed by atoms with E-state index in [0.29, 0.717) is 27.3 Å². The number of nitrogens with one attached hydrogen (secondary N) is 2. The Labute approximate surface area is 244 Å². The average molecular weight is 605 g/mol. The Balaban J connectivity index is 1.54. The summed E-state index contributed by atoms with van der Waals surface area (Å²) >= 11 is 19.0. The third-order valence-electron chi connectivity index (χ3n) is 6.55. The van der Waals surface area contributed by atoms with Crippen LogP contribution in [0.2, 0.25) is 15.1 Å². The maximum absolute atomic E-state index is 13.2. The molecule has 9 nitrogen and oxygen atoms in total. The summed E-state index contributed by atoms with van der Waals surface area (Å²) < 4.78 is 0. The number of carbonyl (C=O) groups is 4. The zero-order valence-electron chi connectivity index (χ0n) is 20.9. The molecule has 12 heteroatoms. The summed E-state index contributed by atoms with van der Waals surface area (Å²) in [6.45, 7) is -0.610. The predicted octanol–water partition coefficient (Wildman–Crippen LogP) is 3.99. The number of aliphatic hydroxyl groups excluding tert-OH is 1. The van der Waals surface area contributed by atoms with Gasteiger partial charge in [0.25, 0.3) is 17.7 Å². The maximum atomic E-state index is 13.2. The second kappa shape index (κ2) is 12.7. The van der Waals surface area contributed by atoms with Gasteiger partial charge in [0.15, 0.2) is 0 Å². The first-order valence-electron chi connectivity index (χ1n) is 12.2. The van der Waals surface area contributed by atoms with E-state index in [1.54, 1.807) is 54.6 Å². The number of carbonyl (C=O) groups excluding carboxylic acids is 3. The van der Waals surface area contributed by atoms with Gasteiger partial charge in [-0.15, -0.1) is 0 Å². The van der Waals surface area contributed by atoms with Crippen molar-refractivity contribution in [3.8, 4) is 0 Å². The van der Waals surface area contributed by atoms with E-state index in [1.165, 1.54) is 11.0 Å². The van der Waals surface area contributed by atoms with Crippen molar-refractivity contribution >= 4 is 58.5 Å². The van der Waals surface area contributed by atoms with Gasteiger partial charge in [-0.1, -0.05) is 53.0 Å². The Bertz CT molecular complexity index is 1450. The van der Waals surface area contributed by atoms with Crippen LogP contribution in [0, 0.1) is 0 Å². The van der Waals surface area contributed by atoms with Crippen LogP contribution in [-0.2, 0) is 11.2 Å². The number of aliphatic carboxylic acids is 1. The van der Waals surface area contributed by atoms with Gasteiger partial charge in [0.1, 0.15) is 6.04 Å². The molecular weight excluding hydrogens is 581 g/mol. The second-order valence-corrected chi connectivity index (χ2v) is 10.2. The van der Waals surface area contributed by atoms with Crippen LogP contribution in [0.1, 0.15) is 48.2 Å². The number of hydrogen-bond donors (Lipinski definition) is 4. The molecule has 3 amide bonds. The highest BCUT2D eigenvalue weighted by atomic mass is 35.5. The minimum absolute atomic E-state index is 0.00509. The summed E-state index contributed by atoms with van der Waals surface area (Å²) in [6.07, 6.45) is 0.261. The van der Waals surface area contributed by atoms with E-state index in [1.807, 2.05) is 0 Å². The van der Waals surface area contributed by atoms with Gasteiger partial charge in [-0.3, -0.25) is 14.4 Å². The fraction of sp³-hybridized carbons (Fsp3) is 0.214. The van der Waals surface area contributed by atoms with Crippen molar-refractivity contribution in [2.24, 2.45) is 0 Å². The minimum Gasteiger partial charge on any atom is -0.480 e. The van der Waals surface area contributed by atoms with Crippen LogP contribution in [-0.4, -0.2) is 64.5 Å². The minimum atomic E-state index is -1.47. The standard InChI is InChI=1S/C28H24Cl3N3O6/c29-17-8-6-16(7-9-17)27(38)34-11-10-18-19(22(34)14-35)12-20(30)23(24(18)31)26(37)33-21(28(39)40)13-32-25(36)15-4-2-1-3-5-15/h1-9,12,21-22,35H,10-11,13-14H2,(H,32,36)(H,33,37)(H,39,40)/t21-,22?/m0/s1.